The minimum absolute atomic E-state index is 0.280. The van der Waals surface area contributed by atoms with Crippen LogP contribution in [-0.4, -0.2) is 34.7 Å². The first-order chi connectivity index (χ1) is 12.4. The summed E-state index contributed by atoms with van der Waals surface area (Å²) in [4.78, 5) is 1.61. The first-order valence-corrected chi connectivity index (χ1v) is 9.73. The van der Waals surface area contributed by atoms with Gasteiger partial charge in [-0.25, -0.2) is 17.2 Å². The Morgan fingerprint density at radius 2 is 1.73 bits per heavy atom. The van der Waals surface area contributed by atoms with Crippen molar-refractivity contribution in [2.24, 2.45) is 0 Å². The SMILES string of the molecule is COC1CCN(c2ccc(NS(=O)(=O)c3ccc(F)cc3F)cc2)CC1. The van der Waals surface area contributed by atoms with E-state index >= 15 is 0 Å². The summed E-state index contributed by atoms with van der Waals surface area (Å²) in [5.74, 6) is -1.96. The van der Waals surface area contributed by atoms with Crippen molar-refractivity contribution in [1.82, 2.24) is 0 Å². The van der Waals surface area contributed by atoms with Gasteiger partial charge in [-0.05, 0) is 49.2 Å². The van der Waals surface area contributed by atoms with Gasteiger partial charge in [0.2, 0.25) is 0 Å². The van der Waals surface area contributed by atoms with Crippen LogP contribution in [0.25, 0.3) is 0 Å². The maximum atomic E-state index is 13.7. The first kappa shape index (κ1) is 18.6. The minimum Gasteiger partial charge on any atom is -0.381 e. The number of rotatable bonds is 5. The Hall–Kier alpha value is -2.19. The summed E-state index contributed by atoms with van der Waals surface area (Å²) in [5, 5.41) is 0. The summed E-state index contributed by atoms with van der Waals surface area (Å²) in [5.41, 5.74) is 1.29. The molecule has 3 rings (SSSR count). The fourth-order valence-electron chi connectivity index (χ4n) is 2.99. The predicted molar refractivity (Wildman–Crippen MR) is 95.9 cm³/mol. The van der Waals surface area contributed by atoms with Crippen LogP contribution in [-0.2, 0) is 14.8 Å². The zero-order valence-corrected chi connectivity index (χ0v) is 15.1. The molecule has 140 valence electrons. The second-order valence-corrected chi connectivity index (χ2v) is 7.80. The number of methoxy groups -OCH3 is 1. The number of ether oxygens (including phenoxy) is 1. The zero-order valence-electron chi connectivity index (χ0n) is 14.3. The third kappa shape index (κ3) is 4.13. The summed E-state index contributed by atoms with van der Waals surface area (Å²) in [7, 11) is -2.42. The van der Waals surface area contributed by atoms with E-state index in [0.29, 0.717) is 11.8 Å². The Bertz CT molecular complexity index is 865. The highest BCUT2D eigenvalue weighted by Crippen LogP contribution is 2.25. The van der Waals surface area contributed by atoms with Crippen molar-refractivity contribution in [3.63, 3.8) is 0 Å². The Labute approximate surface area is 151 Å². The Morgan fingerprint density at radius 1 is 1.08 bits per heavy atom. The van der Waals surface area contributed by atoms with Crippen LogP contribution >= 0.6 is 0 Å². The molecule has 1 aliphatic rings. The van der Waals surface area contributed by atoms with E-state index in [1.807, 2.05) is 12.1 Å². The molecule has 0 aromatic heterocycles. The maximum Gasteiger partial charge on any atom is 0.264 e. The molecule has 1 N–H and O–H groups in total. The lowest BCUT2D eigenvalue weighted by molar-refractivity contribution is 0.0819. The van der Waals surface area contributed by atoms with E-state index in [9.17, 15) is 17.2 Å². The molecule has 1 aliphatic heterocycles. The van der Waals surface area contributed by atoms with Crippen molar-refractivity contribution in [1.29, 1.82) is 0 Å². The first-order valence-electron chi connectivity index (χ1n) is 8.25. The molecule has 2 aromatic carbocycles. The van der Waals surface area contributed by atoms with Gasteiger partial charge in [0.05, 0.1) is 6.10 Å². The van der Waals surface area contributed by atoms with Crippen LogP contribution in [0.15, 0.2) is 47.4 Å². The molecule has 0 atom stereocenters. The highest BCUT2D eigenvalue weighted by atomic mass is 32.2. The molecule has 0 aliphatic carbocycles. The number of benzene rings is 2. The average Bonchev–Trinajstić information content (AvgIpc) is 2.62. The van der Waals surface area contributed by atoms with Gasteiger partial charge in [0, 0.05) is 37.6 Å². The Morgan fingerprint density at radius 3 is 2.31 bits per heavy atom. The standard InChI is InChI=1S/C18H20F2N2O3S/c1-25-16-8-10-22(11-9-16)15-5-3-14(4-6-15)21-26(23,24)18-7-2-13(19)12-17(18)20/h2-7,12,16,21H,8-11H2,1H3. The summed E-state index contributed by atoms with van der Waals surface area (Å²) in [6, 6.07) is 9.22. The molecular weight excluding hydrogens is 362 g/mol. The zero-order chi connectivity index (χ0) is 18.7. The second-order valence-electron chi connectivity index (χ2n) is 6.15. The van der Waals surface area contributed by atoms with Crippen LogP contribution in [0.2, 0.25) is 0 Å². The van der Waals surface area contributed by atoms with Gasteiger partial charge in [0.15, 0.2) is 0 Å². The number of nitrogens with zero attached hydrogens (tertiary/aromatic N) is 1. The van der Waals surface area contributed by atoms with E-state index in [2.05, 4.69) is 9.62 Å². The number of sulfonamides is 1. The molecule has 5 nitrogen and oxygen atoms in total. The highest BCUT2D eigenvalue weighted by Gasteiger charge is 2.21. The van der Waals surface area contributed by atoms with E-state index in [0.717, 1.165) is 43.8 Å². The van der Waals surface area contributed by atoms with Gasteiger partial charge in [-0.3, -0.25) is 4.72 Å². The number of piperidine rings is 1. The lowest BCUT2D eigenvalue weighted by atomic mass is 10.1. The van der Waals surface area contributed by atoms with E-state index in [-0.39, 0.29) is 6.10 Å². The molecule has 1 fully saturated rings. The molecule has 0 spiro atoms. The smallest absolute Gasteiger partial charge is 0.264 e. The normalized spacial score (nSPS) is 15.9. The number of hydrogen-bond donors (Lipinski definition) is 1. The number of anilines is 2. The molecular formula is C18H20F2N2O3S. The fourth-order valence-corrected chi connectivity index (χ4v) is 4.11. The summed E-state index contributed by atoms with van der Waals surface area (Å²) in [6.45, 7) is 1.73. The summed E-state index contributed by atoms with van der Waals surface area (Å²) >= 11 is 0. The molecule has 2 aromatic rings. The minimum atomic E-state index is -4.13. The van der Waals surface area contributed by atoms with Crippen LogP contribution in [0, 0.1) is 11.6 Å². The maximum absolute atomic E-state index is 13.7. The van der Waals surface area contributed by atoms with Crippen molar-refractivity contribution in [3.8, 4) is 0 Å². The van der Waals surface area contributed by atoms with E-state index in [1.165, 1.54) is 0 Å². The molecule has 0 bridgehead atoms. The van der Waals surface area contributed by atoms with Gasteiger partial charge >= 0.3 is 0 Å². The lowest BCUT2D eigenvalue weighted by Gasteiger charge is -2.33. The average molecular weight is 382 g/mol. The predicted octanol–water partition coefficient (Wildman–Crippen LogP) is 3.38. The Balaban J connectivity index is 1.71. The van der Waals surface area contributed by atoms with Crippen LogP contribution in [0.1, 0.15) is 12.8 Å². The van der Waals surface area contributed by atoms with Crippen molar-refractivity contribution in [2.75, 3.05) is 29.8 Å². The quantitative estimate of drug-likeness (QED) is 0.861. The largest absolute Gasteiger partial charge is 0.381 e. The van der Waals surface area contributed by atoms with Crippen LogP contribution in [0.4, 0.5) is 20.2 Å². The van der Waals surface area contributed by atoms with Crippen molar-refractivity contribution in [2.45, 2.75) is 23.8 Å². The van der Waals surface area contributed by atoms with Gasteiger partial charge in [-0.2, -0.15) is 0 Å². The number of hydrogen-bond acceptors (Lipinski definition) is 4. The molecule has 26 heavy (non-hydrogen) atoms. The Kier molecular flexibility index (Phi) is 5.43. The summed E-state index contributed by atoms with van der Waals surface area (Å²) in [6.07, 6.45) is 2.16. The van der Waals surface area contributed by atoms with Gasteiger partial charge < -0.3 is 9.64 Å². The lowest BCUT2D eigenvalue weighted by Crippen LogP contribution is -2.36. The third-order valence-corrected chi connectivity index (χ3v) is 5.86. The van der Waals surface area contributed by atoms with Crippen LogP contribution in [0.3, 0.4) is 0 Å². The molecule has 1 heterocycles. The second kappa shape index (κ2) is 7.59. The number of nitrogens with one attached hydrogen (secondary N) is 1. The van der Waals surface area contributed by atoms with Gasteiger partial charge in [0.1, 0.15) is 16.5 Å². The molecule has 8 heteroatoms. The van der Waals surface area contributed by atoms with E-state index in [4.69, 9.17) is 4.74 Å². The molecule has 0 amide bonds. The van der Waals surface area contributed by atoms with Gasteiger partial charge in [-0.15, -0.1) is 0 Å². The molecule has 1 saturated heterocycles. The van der Waals surface area contributed by atoms with Crippen LogP contribution in [0.5, 0.6) is 0 Å². The highest BCUT2D eigenvalue weighted by molar-refractivity contribution is 7.92. The topological polar surface area (TPSA) is 58.6 Å². The summed E-state index contributed by atoms with van der Waals surface area (Å²) < 4.78 is 59.0. The molecule has 0 saturated carbocycles. The third-order valence-electron chi connectivity index (χ3n) is 4.44. The van der Waals surface area contributed by atoms with Crippen molar-refractivity contribution in [3.05, 3.63) is 54.1 Å². The van der Waals surface area contributed by atoms with E-state index < -0.39 is 26.6 Å². The van der Waals surface area contributed by atoms with Gasteiger partial charge in [-0.1, -0.05) is 0 Å². The monoisotopic (exact) mass is 382 g/mol. The molecule has 0 radical (unpaired) electrons. The van der Waals surface area contributed by atoms with Crippen molar-refractivity contribution >= 4 is 21.4 Å². The van der Waals surface area contributed by atoms with Gasteiger partial charge in [0.25, 0.3) is 10.0 Å². The van der Waals surface area contributed by atoms with Crippen LogP contribution < -0.4 is 9.62 Å². The fraction of sp³-hybridized carbons (Fsp3) is 0.333. The number of halogens is 2. The molecule has 0 unspecified atom stereocenters. The van der Waals surface area contributed by atoms with Crippen molar-refractivity contribution < 1.29 is 21.9 Å². The van der Waals surface area contributed by atoms with E-state index in [1.54, 1.807) is 19.2 Å².